The number of sulfonamides is 1. The molecule has 0 radical (unpaired) electrons. The maximum Gasteiger partial charge on any atom is 0.240 e. The van der Waals surface area contributed by atoms with Crippen molar-refractivity contribution in [1.29, 1.82) is 0 Å². The largest absolute Gasteiger partial charge is 0.384 e. The van der Waals surface area contributed by atoms with Gasteiger partial charge in [0.25, 0.3) is 0 Å². The number of nitrogens with one attached hydrogen (secondary N) is 2. The second-order valence-electron chi connectivity index (χ2n) is 5.58. The summed E-state index contributed by atoms with van der Waals surface area (Å²) < 4.78 is 25.6. The van der Waals surface area contributed by atoms with Crippen molar-refractivity contribution in [3.05, 3.63) is 24.3 Å². The van der Waals surface area contributed by atoms with Crippen LogP contribution < -0.4 is 10.0 Å². The smallest absolute Gasteiger partial charge is 0.240 e. The van der Waals surface area contributed by atoms with Gasteiger partial charge >= 0.3 is 0 Å². The average Bonchev–Trinajstić information content (AvgIpc) is 2.43. The Balaban J connectivity index is 2.58. The lowest BCUT2D eigenvalue weighted by Crippen LogP contribution is -2.40. The monoisotopic (exact) mass is 313 g/mol. The van der Waals surface area contributed by atoms with Crippen LogP contribution in [0.4, 0.5) is 5.69 Å². The van der Waals surface area contributed by atoms with Crippen LogP contribution in [0.2, 0.25) is 0 Å². The van der Waals surface area contributed by atoms with Crippen molar-refractivity contribution in [3.8, 4) is 0 Å². The van der Waals surface area contributed by atoms with E-state index in [1.807, 2.05) is 0 Å². The second-order valence-corrected chi connectivity index (χ2v) is 7.47. The minimum atomic E-state index is -3.36. The molecular weight excluding hydrogens is 286 g/mol. The molecule has 0 aliphatic carbocycles. The lowest BCUT2D eigenvalue weighted by Gasteiger charge is -2.30. The summed E-state index contributed by atoms with van der Waals surface area (Å²) in [6, 6.07) is 7.82. The van der Waals surface area contributed by atoms with Crippen molar-refractivity contribution < 1.29 is 8.42 Å². The Morgan fingerprint density at radius 1 is 1.05 bits per heavy atom. The van der Waals surface area contributed by atoms with E-state index in [1.165, 1.54) is 7.05 Å². The molecule has 120 valence electrons. The Bertz CT molecular complexity index is 516. The van der Waals surface area contributed by atoms with Gasteiger partial charge in [0, 0.05) is 30.9 Å². The average molecular weight is 313 g/mol. The van der Waals surface area contributed by atoms with E-state index >= 15 is 0 Å². The Morgan fingerprint density at radius 3 is 2.00 bits per heavy atom. The fourth-order valence-electron chi connectivity index (χ4n) is 2.31. The molecule has 0 saturated carbocycles. The molecule has 0 amide bonds. The standard InChI is InChI=1S/C15H27N3O2S/c1-12(2)18(13(3)4)11-10-17-14-6-8-15(9-7-14)21(19,20)16-5/h6-9,12-13,16-17H,10-11H2,1-5H3. The first-order chi connectivity index (χ1) is 9.77. The minimum absolute atomic E-state index is 0.279. The molecule has 1 aromatic carbocycles. The molecule has 0 bridgehead atoms. The van der Waals surface area contributed by atoms with E-state index < -0.39 is 10.0 Å². The third-order valence-electron chi connectivity index (χ3n) is 3.46. The van der Waals surface area contributed by atoms with E-state index in [2.05, 4.69) is 42.6 Å². The highest BCUT2D eigenvalue weighted by atomic mass is 32.2. The van der Waals surface area contributed by atoms with Gasteiger partial charge in [-0.15, -0.1) is 0 Å². The zero-order chi connectivity index (χ0) is 16.0. The molecule has 0 heterocycles. The zero-order valence-electron chi connectivity index (χ0n) is 13.6. The molecule has 0 saturated heterocycles. The van der Waals surface area contributed by atoms with Crippen molar-refractivity contribution in [1.82, 2.24) is 9.62 Å². The van der Waals surface area contributed by atoms with Crippen molar-refractivity contribution in [3.63, 3.8) is 0 Å². The molecule has 0 aliphatic rings. The molecule has 6 heteroatoms. The Labute approximate surface area is 128 Å². The fraction of sp³-hybridized carbons (Fsp3) is 0.600. The summed E-state index contributed by atoms with van der Waals surface area (Å²) in [5.41, 5.74) is 0.928. The predicted octanol–water partition coefficient (Wildman–Crippen LogP) is 2.13. The first-order valence-electron chi connectivity index (χ1n) is 7.31. The Hall–Kier alpha value is -1.11. The van der Waals surface area contributed by atoms with Gasteiger partial charge in [-0.2, -0.15) is 0 Å². The molecule has 1 rings (SSSR count). The molecule has 0 aromatic heterocycles. The third-order valence-corrected chi connectivity index (χ3v) is 4.89. The van der Waals surface area contributed by atoms with Gasteiger partial charge in [-0.1, -0.05) is 0 Å². The van der Waals surface area contributed by atoms with Crippen LogP contribution in [0.5, 0.6) is 0 Å². The maximum absolute atomic E-state index is 11.6. The van der Waals surface area contributed by atoms with Gasteiger partial charge in [0.15, 0.2) is 0 Å². The SMILES string of the molecule is CNS(=O)(=O)c1ccc(NCCN(C(C)C)C(C)C)cc1. The van der Waals surface area contributed by atoms with Gasteiger partial charge in [-0.05, 0) is 59.0 Å². The molecule has 0 unspecified atom stereocenters. The van der Waals surface area contributed by atoms with Crippen LogP contribution in [0.15, 0.2) is 29.2 Å². The van der Waals surface area contributed by atoms with Gasteiger partial charge in [0.05, 0.1) is 4.90 Å². The van der Waals surface area contributed by atoms with Crippen LogP contribution in [-0.2, 0) is 10.0 Å². The third kappa shape index (κ3) is 5.30. The summed E-state index contributed by atoms with van der Waals surface area (Å²) in [6.07, 6.45) is 0. The minimum Gasteiger partial charge on any atom is -0.384 e. The molecule has 0 atom stereocenters. The van der Waals surface area contributed by atoms with Crippen molar-refractivity contribution in [2.45, 2.75) is 44.7 Å². The topological polar surface area (TPSA) is 61.4 Å². The van der Waals surface area contributed by atoms with Crippen LogP contribution in [0.25, 0.3) is 0 Å². The summed E-state index contributed by atoms with van der Waals surface area (Å²) in [5.74, 6) is 0. The molecule has 0 fully saturated rings. The molecule has 21 heavy (non-hydrogen) atoms. The lowest BCUT2D eigenvalue weighted by atomic mass is 10.2. The summed E-state index contributed by atoms with van der Waals surface area (Å²) >= 11 is 0. The first-order valence-corrected chi connectivity index (χ1v) is 8.79. The van der Waals surface area contributed by atoms with Crippen molar-refractivity contribution in [2.75, 3.05) is 25.5 Å². The van der Waals surface area contributed by atoms with E-state index in [9.17, 15) is 8.42 Å². The fourth-order valence-corrected chi connectivity index (χ4v) is 3.04. The van der Waals surface area contributed by atoms with Gasteiger partial charge in [0.1, 0.15) is 0 Å². The van der Waals surface area contributed by atoms with Crippen LogP contribution in [0.1, 0.15) is 27.7 Å². The Kier molecular flexibility index (Phi) is 6.64. The predicted molar refractivity (Wildman–Crippen MR) is 88.2 cm³/mol. The van der Waals surface area contributed by atoms with Gasteiger partial charge < -0.3 is 5.32 Å². The number of benzene rings is 1. The summed E-state index contributed by atoms with van der Waals surface area (Å²) in [6.45, 7) is 10.5. The zero-order valence-corrected chi connectivity index (χ0v) is 14.4. The van der Waals surface area contributed by atoms with E-state index in [-0.39, 0.29) is 4.90 Å². The van der Waals surface area contributed by atoms with E-state index in [0.717, 1.165) is 18.8 Å². The summed E-state index contributed by atoms with van der Waals surface area (Å²) in [7, 11) is -1.95. The quantitative estimate of drug-likeness (QED) is 0.772. The number of hydrogen-bond donors (Lipinski definition) is 2. The molecule has 5 nitrogen and oxygen atoms in total. The highest BCUT2D eigenvalue weighted by Gasteiger charge is 2.13. The van der Waals surface area contributed by atoms with E-state index in [4.69, 9.17) is 0 Å². The van der Waals surface area contributed by atoms with Crippen molar-refractivity contribution in [2.24, 2.45) is 0 Å². The molecule has 1 aromatic rings. The molecule has 0 spiro atoms. The van der Waals surface area contributed by atoms with Gasteiger partial charge in [-0.3, -0.25) is 4.90 Å². The molecule has 0 aliphatic heterocycles. The highest BCUT2D eigenvalue weighted by molar-refractivity contribution is 7.89. The van der Waals surface area contributed by atoms with Crippen LogP contribution in [0.3, 0.4) is 0 Å². The number of hydrogen-bond acceptors (Lipinski definition) is 4. The number of rotatable bonds is 8. The Morgan fingerprint density at radius 2 is 1.57 bits per heavy atom. The van der Waals surface area contributed by atoms with E-state index in [0.29, 0.717) is 12.1 Å². The highest BCUT2D eigenvalue weighted by Crippen LogP contribution is 2.13. The van der Waals surface area contributed by atoms with Crippen LogP contribution in [0, 0.1) is 0 Å². The number of anilines is 1. The van der Waals surface area contributed by atoms with Crippen LogP contribution >= 0.6 is 0 Å². The van der Waals surface area contributed by atoms with E-state index in [1.54, 1.807) is 24.3 Å². The summed E-state index contributed by atoms with van der Waals surface area (Å²) in [4.78, 5) is 2.69. The first kappa shape index (κ1) is 17.9. The van der Waals surface area contributed by atoms with Gasteiger partial charge in [-0.25, -0.2) is 13.1 Å². The second kappa shape index (κ2) is 7.77. The summed E-state index contributed by atoms with van der Waals surface area (Å²) in [5, 5.41) is 3.32. The van der Waals surface area contributed by atoms with Crippen molar-refractivity contribution >= 4 is 15.7 Å². The molecule has 2 N–H and O–H groups in total. The maximum atomic E-state index is 11.6. The number of nitrogens with zero attached hydrogens (tertiary/aromatic N) is 1. The van der Waals surface area contributed by atoms with Gasteiger partial charge in [0.2, 0.25) is 10.0 Å². The van der Waals surface area contributed by atoms with Crippen LogP contribution in [-0.4, -0.2) is 45.5 Å². The lowest BCUT2D eigenvalue weighted by molar-refractivity contribution is 0.182. The molecular formula is C15H27N3O2S. The normalized spacial score (nSPS) is 12.4.